The first-order chi connectivity index (χ1) is 13.6. The lowest BCUT2D eigenvalue weighted by Gasteiger charge is -2.26. The molecule has 0 saturated carbocycles. The minimum Gasteiger partial charge on any atom is -0.356 e. The van der Waals surface area contributed by atoms with Crippen LogP contribution in [0.2, 0.25) is 0 Å². The van der Waals surface area contributed by atoms with Gasteiger partial charge in [0.2, 0.25) is 5.91 Å². The van der Waals surface area contributed by atoms with Crippen molar-refractivity contribution in [1.82, 2.24) is 20.4 Å². The first-order valence-electron chi connectivity index (χ1n) is 10.1. The number of aliphatic imine (C=N–C) groups is 1. The number of nitrogens with one attached hydrogen (secondary N) is 2. The fourth-order valence-corrected chi connectivity index (χ4v) is 3.37. The molecule has 6 nitrogen and oxygen atoms in total. The molecule has 1 amide bonds. The van der Waals surface area contributed by atoms with Gasteiger partial charge in [-0.3, -0.25) is 9.69 Å². The number of likely N-dealkylation sites (tertiary alicyclic amines) is 1. The fraction of sp³-hybridized carbons (Fsp3) is 0.619. The Morgan fingerprint density at radius 3 is 2.38 bits per heavy atom. The van der Waals surface area contributed by atoms with Gasteiger partial charge in [0.15, 0.2) is 5.96 Å². The molecule has 0 unspecified atom stereocenters. The minimum atomic E-state index is 0. The molecule has 164 valence electrons. The predicted octanol–water partition coefficient (Wildman–Crippen LogP) is 2.78. The van der Waals surface area contributed by atoms with E-state index >= 15 is 0 Å². The number of guanidine groups is 1. The summed E-state index contributed by atoms with van der Waals surface area (Å²) in [7, 11) is 3.51. The number of benzene rings is 1. The number of hydrogen-bond acceptors (Lipinski definition) is 4. The van der Waals surface area contributed by atoms with E-state index in [1.165, 1.54) is 43.5 Å². The standard InChI is InChI=1S/C21H35N5OS.HI/c1-25(2)20(27)16-24-21(22-11-14-28-3)23-15-18-7-9-19(10-8-18)17-26-12-5-4-6-13-26;/h7-10H,4-6,11-17H2,1-3H3,(H2,22,23,24);1H. The number of hydrogen-bond donors (Lipinski definition) is 2. The van der Waals surface area contributed by atoms with Crippen molar-refractivity contribution in [2.75, 3.05) is 52.3 Å². The third kappa shape index (κ3) is 10.5. The molecule has 1 saturated heterocycles. The number of thioether (sulfide) groups is 1. The molecule has 1 fully saturated rings. The highest BCUT2D eigenvalue weighted by Crippen LogP contribution is 2.14. The smallest absolute Gasteiger partial charge is 0.241 e. The number of piperidine rings is 1. The second-order valence-electron chi connectivity index (χ2n) is 7.38. The molecule has 2 rings (SSSR count). The van der Waals surface area contributed by atoms with Crippen LogP contribution in [0.5, 0.6) is 0 Å². The maximum absolute atomic E-state index is 11.8. The Bertz CT molecular complexity index is 618. The summed E-state index contributed by atoms with van der Waals surface area (Å²) in [5.41, 5.74) is 2.54. The van der Waals surface area contributed by atoms with Crippen molar-refractivity contribution in [3.63, 3.8) is 0 Å². The summed E-state index contributed by atoms with van der Waals surface area (Å²) >= 11 is 1.78. The molecule has 29 heavy (non-hydrogen) atoms. The van der Waals surface area contributed by atoms with Crippen molar-refractivity contribution in [3.05, 3.63) is 35.4 Å². The fourth-order valence-electron chi connectivity index (χ4n) is 3.06. The zero-order valence-corrected chi connectivity index (χ0v) is 21.1. The highest BCUT2D eigenvalue weighted by atomic mass is 127. The molecule has 0 bridgehead atoms. The van der Waals surface area contributed by atoms with Crippen molar-refractivity contribution in [3.8, 4) is 0 Å². The molecule has 8 heteroatoms. The molecule has 0 aliphatic carbocycles. The van der Waals surface area contributed by atoms with Gasteiger partial charge in [0.05, 0.1) is 13.1 Å². The lowest BCUT2D eigenvalue weighted by molar-refractivity contribution is -0.127. The Morgan fingerprint density at radius 1 is 1.10 bits per heavy atom. The number of nitrogens with zero attached hydrogens (tertiary/aromatic N) is 3. The summed E-state index contributed by atoms with van der Waals surface area (Å²) in [5, 5.41) is 6.42. The Kier molecular flexibility index (Phi) is 13.4. The van der Waals surface area contributed by atoms with E-state index in [-0.39, 0.29) is 36.4 Å². The number of amides is 1. The Balaban J connectivity index is 0.00000420. The molecule has 1 heterocycles. The van der Waals surface area contributed by atoms with Gasteiger partial charge >= 0.3 is 0 Å². The highest BCUT2D eigenvalue weighted by Gasteiger charge is 2.10. The maximum Gasteiger partial charge on any atom is 0.241 e. The zero-order chi connectivity index (χ0) is 20.2. The van der Waals surface area contributed by atoms with Crippen LogP contribution in [-0.2, 0) is 17.9 Å². The number of carbonyl (C=O) groups excluding carboxylic acids is 1. The van der Waals surface area contributed by atoms with Gasteiger partial charge in [-0.15, -0.1) is 24.0 Å². The highest BCUT2D eigenvalue weighted by molar-refractivity contribution is 14.0. The van der Waals surface area contributed by atoms with Crippen molar-refractivity contribution in [1.29, 1.82) is 0 Å². The summed E-state index contributed by atoms with van der Waals surface area (Å²) in [6.07, 6.45) is 6.09. The predicted molar refractivity (Wildman–Crippen MR) is 135 cm³/mol. The van der Waals surface area contributed by atoms with Gasteiger partial charge < -0.3 is 15.5 Å². The first-order valence-corrected chi connectivity index (χ1v) is 11.5. The van der Waals surface area contributed by atoms with E-state index in [1.807, 2.05) is 0 Å². The van der Waals surface area contributed by atoms with Crippen molar-refractivity contribution in [2.24, 2.45) is 4.99 Å². The van der Waals surface area contributed by atoms with Crippen molar-refractivity contribution < 1.29 is 4.79 Å². The van der Waals surface area contributed by atoms with E-state index in [0.29, 0.717) is 12.5 Å². The van der Waals surface area contributed by atoms with Crippen LogP contribution in [-0.4, -0.2) is 73.9 Å². The lowest BCUT2D eigenvalue weighted by atomic mass is 10.1. The van der Waals surface area contributed by atoms with E-state index in [0.717, 1.165) is 18.8 Å². The van der Waals surface area contributed by atoms with Gasteiger partial charge in [0.25, 0.3) is 0 Å². The molecular formula is C21H36IN5OS. The number of carbonyl (C=O) groups is 1. The number of rotatable bonds is 9. The average molecular weight is 534 g/mol. The van der Waals surface area contributed by atoms with E-state index in [9.17, 15) is 4.79 Å². The van der Waals surface area contributed by atoms with Gasteiger partial charge in [-0.05, 0) is 43.3 Å². The molecule has 1 aliphatic rings. The quantitative estimate of drug-likeness (QED) is 0.221. The molecule has 1 aromatic rings. The lowest BCUT2D eigenvalue weighted by Crippen LogP contribution is -2.43. The SMILES string of the molecule is CSCCNC(=NCc1ccc(CN2CCCCC2)cc1)NCC(=O)N(C)C.I. The third-order valence-electron chi connectivity index (χ3n) is 4.80. The molecule has 0 aromatic heterocycles. The first kappa shape index (κ1) is 26.0. The second-order valence-corrected chi connectivity index (χ2v) is 8.37. The van der Waals surface area contributed by atoms with Gasteiger partial charge in [0.1, 0.15) is 0 Å². The monoisotopic (exact) mass is 533 g/mol. The zero-order valence-electron chi connectivity index (χ0n) is 17.9. The average Bonchev–Trinajstić information content (AvgIpc) is 2.71. The van der Waals surface area contributed by atoms with Crippen LogP contribution in [0, 0.1) is 0 Å². The largest absolute Gasteiger partial charge is 0.356 e. The summed E-state index contributed by atoms with van der Waals surface area (Å²) in [6, 6.07) is 8.74. The summed E-state index contributed by atoms with van der Waals surface area (Å²) in [4.78, 5) is 20.6. The Labute approximate surface area is 197 Å². The van der Waals surface area contributed by atoms with Gasteiger partial charge in [-0.1, -0.05) is 30.7 Å². The van der Waals surface area contributed by atoms with Crippen LogP contribution < -0.4 is 10.6 Å². The van der Waals surface area contributed by atoms with Crippen LogP contribution in [0.15, 0.2) is 29.3 Å². The van der Waals surface area contributed by atoms with Crippen LogP contribution in [0.3, 0.4) is 0 Å². The molecule has 0 radical (unpaired) electrons. The van der Waals surface area contributed by atoms with E-state index in [2.05, 4.69) is 51.0 Å². The number of halogens is 1. The van der Waals surface area contributed by atoms with Gasteiger partial charge in [-0.2, -0.15) is 11.8 Å². The van der Waals surface area contributed by atoms with Gasteiger partial charge in [0, 0.05) is 32.9 Å². The van der Waals surface area contributed by atoms with E-state index < -0.39 is 0 Å². The topological polar surface area (TPSA) is 60.0 Å². The van der Waals surface area contributed by atoms with Crippen molar-refractivity contribution >= 4 is 47.6 Å². The third-order valence-corrected chi connectivity index (χ3v) is 5.41. The second kappa shape index (κ2) is 14.9. The molecular weight excluding hydrogens is 497 g/mol. The Morgan fingerprint density at radius 2 is 1.76 bits per heavy atom. The van der Waals surface area contributed by atoms with Gasteiger partial charge in [-0.25, -0.2) is 4.99 Å². The summed E-state index contributed by atoms with van der Waals surface area (Å²) < 4.78 is 0. The summed E-state index contributed by atoms with van der Waals surface area (Å²) in [6.45, 7) is 5.13. The maximum atomic E-state index is 11.8. The molecule has 0 spiro atoms. The normalized spacial score (nSPS) is 14.8. The van der Waals surface area contributed by atoms with Crippen LogP contribution in [0.25, 0.3) is 0 Å². The molecule has 2 N–H and O–H groups in total. The van der Waals surface area contributed by atoms with Crippen LogP contribution in [0.4, 0.5) is 0 Å². The Hall–Kier alpha value is -1.00. The minimum absolute atomic E-state index is 0. The van der Waals surface area contributed by atoms with Crippen LogP contribution in [0.1, 0.15) is 30.4 Å². The molecule has 0 atom stereocenters. The van der Waals surface area contributed by atoms with Crippen LogP contribution >= 0.6 is 35.7 Å². The number of likely N-dealkylation sites (N-methyl/N-ethyl adjacent to an activating group) is 1. The van der Waals surface area contributed by atoms with E-state index in [1.54, 1.807) is 30.8 Å². The molecule has 1 aromatic carbocycles. The molecule has 1 aliphatic heterocycles. The summed E-state index contributed by atoms with van der Waals surface area (Å²) in [5.74, 6) is 1.70. The van der Waals surface area contributed by atoms with E-state index in [4.69, 9.17) is 0 Å². The van der Waals surface area contributed by atoms with Crippen molar-refractivity contribution in [2.45, 2.75) is 32.4 Å².